The van der Waals surface area contributed by atoms with E-state index in [0.29, 0.717) is 25.3 Å². The number of carbonyl (C=O) groups is 2. The number of amides is 2. The summed E-state index contributed by atoms with van der Waals surface area (Å²) in [5.74, 6) is -0.354. The number of nitrogens with one attached hydrogen (secondary N) is 2. The molecule has 0 rings (SSSR count). The molecule has 0 aliphatic rings. The Morgan fingerprint density at radius 2 is 1.65 bits per heavy atom. The first-order valence-electron chi connectivity index (χ1n) is 7.19. The highest BCUT2D eigenvalue weighted by Gasteiger charge is 2.23. The fourth-order valence-corrected chi connectivity index (χ4v) is 1.70. The van der Waals surface area contributed by atoms with E-state index < -0.39 is 18.0 Å². The van der Waals surface area contributed by atoms with Gasteiger partial charge < -0.3 is 27.8 Å². The summed E-state index contributed by atoms with van der Waals surface area (Å²) in [4.78, 5) is 23.4. The maximum Gasteiger partial charge on any atom is 0.240 e. The van der Waals surface area contributed by atoms with E-state index in [-0.39, 0.29) is 12.5 Å². The van der Waals surface area contributed by atoms with Gasteiger partial charge in [-0.25, -0.2) is 0 Å². The van der Waals surface area contributed by atoms with Gasteiger partial charge in [-0.2, -0.15) is 0 Å². The van der Waals surface area contributed by atoms with Gasteiger partial charge in [-0.1, -0.05) is 20.3 Å². The van der Waals surface area contributed by atoms with Crippen LogP contribution in [0.5, 0.6) is 0 Å². The quantitative estimate of drug-likeness (QED) is 0.320. The molecule has 3 unspecified atom stereocenters. The molecule has 2 amide bonds. The standard InChI is InChI=1S/C13H29N5O2/c1-3-9(2)8-17-11(5-7-15)13(20)18-10(4-6-14)12(16)19/h9-11,17H,3-8,14-15H2,1-2H3,(H2,16,19)(H,18,20). The van der Waals surface area contributed by atoms with E-state index in [1.807, 2.05) is 0 Å². The first kappa shape index (κ1) is 18.8. The van der Waals surface area contributed by atoms with Gasteiger partial charge in [-0.15, -0.1) is 0 Å². The zero-order valence-electron chi connectivity index (χ0n) is 12.5. The molecule has 0 fully saturated rings. The van der Waals surface area contributed by atoms with E-state index in [1.54, 1.807) is 0 Å². The molecule has 0 radical (unpaired) electrons. The predicted molar refractivity (Wildman–Crippen MR) is 79.7 cm³/mol. The molecular weight excluding hydrogens is 258 g/mol. The normalized spacial score (nSPS) is 15.4. The molecule has 118 valence electrons. The second-order valence-corrected chi connectivity index (χ2v) is 5.09. The van der Waals surface area contributed by atoms with Crippen LogP contribution in [0.3, 0.4) is 0 Å². The lowest BCUT2D eigenvalue weighted by Crippen LogP contribution is -2.53. The van der Waals surface area contributed by atoms with Crippen LogP contribution < -0.4 is 27.8 Å². The zero-order chi connectivity index (χ0) is 15.5. The van der Waals surface area contributed by atoms with Crippen LogP contribution in [-0.4, -0.2) is 43.5 Å². The molecule has 0 saturated heterocycles. The summed E-state index contributed by atoms with van der Waals surface area (Å²) < 4.78 is 0. The highest BCUT2D eigenvalue weighted by atomic mass is 16.2. The van der Waals surface area contributed by atoms with Gasteiger partial charge in [-0.3, -0.25) is 9.59 Å². The molecule has 0 aliphatic heterocycles. The lowest BCUT2D eigenvalue weighted by molar-refractivity contribution is -0.128. The lowest BCUT2D eigenvalue weighted by atomic mass is 10.1. The molecule has 0 saturated carbocycles. The van der Waals surface area contributed by atoms with Crippen molar-refractivity contribution in [2.24, 2.45) is 23.1 Å². The Bertz CT molecular complexity index is 298. The minimum absolute atomic E-state index is 0.254. The molecule has 8 N–H and O–H groups in total. The van der Waals surface area contributed by atoms with Gasteiger partial charge in [0, 0.05) is 0 Å². The van der Waals surface area contributed by atoms with E-state index in [1.165, 1.54) is 0 Å². The van der Waals surface area contributed by atoms with E-state index in [2.05, 4.69) is 24.5 Å². The van der Waals surface area contributed by atoms with E-state index in [0.717, 1.165) is 13.0 Å². The average molecular weight is 287 g/mol. The van der Waals surface area contributed by atoms with Gasteiger partial charge in [-0.05, 0) is 38.4 Å². The van der Waals surface area contributed by atoms with Gasteiger partial charge in [0.2, 0.25) is 11.8 Å². The highest BCUT2D eigenvalue weighted by molar-refractivity contribution is 5.89. The van der Waals surface area contributed by atoms with E-state index in [4.69, 9.17) is 17.2 Å². The number of carbonyl (C=O) groups excluding carboxylic acids is 2. The van der Waals surface area contributed by atoms with Crippen LogP contribution in [0.15, 0.2) is 0 Å². The van der Waals surface area contributed by atoms with E-state index in [9.17, 15) is 9.59 Å². The van der Waals surface area contributed by atoms with Crippen molar-refractivity contribution in [2.45, 2.75) is 45.2 Å². The van der Waals surface area contributed by atoms with Crippen LogP contribution in [0.4, 0.5) is 0 Å². The minimum atomic E-state index is -0.724. The first-order valence-corrected chi connectivity index (χ1v) is 7.19. The number of hydrogen-bond acceptors (Lipinski definition) is 5. The fourth-order valence-electron chi connectivity index (χ4n) is 1.70. The van der Waals surface area contributed by atoms with Crippen molar-refractivity contribution in [3.05, 3.63) is 0 Å². The number of hydrogen-bond donors (Lipinski definition) is 5. The maximum atomic E-state index is 12.1. The molecular formula is C13H29N5O2. The molecule has 7 nitrogen and oxygen atoms in total. The zero-order valence-corrected chi connectivity index (χ0v) is 12.5. The van der Waals surface area contributed by atoms with Gasteiger partial charge in [0.05, 0.1) is 6.04 Å². The second-order valence-electron chi connectivity index (χ2n) is 5.09. The summed E-state index contributed by atoms with van der Waals surface area (Å²) in [5, 5.41) is 5.81. The Morgan fingerprint density at radius 1 is 1.10 bits per heavy atom. The summed E-state index contributed by atoms with van der Waals surface area (Å²) >= 11 is 0. The summed E-state index contributed by atoms with van der Waals surface area (Å²) in [7, 11) is 0. The van der Waals surface area contributed by atoms with E-state index >= 15 is 0 Å². The van der Waals surface area contributed by atoms with Crippen molar-refractivity contribution in [1.29, 1.82) is 0 Å². The third-order valence-corrected chi connectivity index (χ3v) is 3.30. The Hall–Kier alpha value is -1.18. The third-order valence-electron chi connectivity index (χ3n) is 3.30. The van der Waals surface area contributed by atoms with Crippen LogP contribution >= 0.6 is 0 Å². The van der Waals surface area contributed by atoms with Crippen molar-refractivity contribution in [3.8, 4) is 0 Å². The molecule has 0 heterocycles. The van der Waals surface area contributed by atoms with Gasteiger partial charge in [0.1, 0.15) is 6.04 Å². The van der Waals surface area contributed by atoms with Crippen molar-refractivity contribution in [1.82, 2.24) is 10.6 Å². The molecule has 0 spiro atoms. The van der Waals surface area contributed by atoms with Gasteiger partial charge >= 0.3 is 0 Å². The largest absolute Gasteiger partial charge is 0.368 e. The van der Waals surface area contributed by atoms with Crippen molar-refractivity contribution in [2.75, 3.05) is 19.6 Å². The number of nitrogens with two attached hydrogens (primary N) is 3. The third kappa shape index (κ3) is 7.42. The molecule has 20 heavy (non-hydrogen) atoms. The van der Waals surface area contributed by atoms with Gasteiger partial charge in [0.15, 0.2) is 0 Å². The van der Waals surface area contributed by atoms with Crippen LogP contribution in [0.25, 0.3) is 0 Å². The second kappa shape index (κ2) is 10.6. The average Bonchev–Trinajstić information content (AvgIpc) is 2.42. The van der Waals surface area contributed by atoms with Gasteiger partial charge in [0.25, 0.3) is 0 Å². The molecule has 0 aromatic carbocycles. The lowest BCUT2D eigenvalue weighted by Gasteiger charge is -2.22. The first-order chi connectivity index (χ1) is 9.46. The Kier molecular flexibility index (Phi) is 9.96. The molecule has 0 aliphatic carbocycles. The topological polar surface area (TPSA) is 136 Å². The SMILES string of the molecule is CCC(C)CNC(CCN)C(=O)NC(CCN)C(N)=O. The molecule has 0 aromatic rings. The molecule has 0 aromatic heterocycles. The maximum absolute atomic E-state index is 12.1. The Morgan fingerprint density at radius 3 is 2.10 bits per heavy atom. The monoisotopic (exact) mass is 287 g/mol. The Balaban J connectivity index is 4.49. The predicted octanol–water partition coefficient (Wildman–Crippen LogP) is -1.34. The summed E-state index contributed by atoms with van der Waals surface area (Å²) in [6.07, 6.45) is 1.87. The molecule has 3 atom stereocenters. The Labute approximate surface area is 121 Å². The summed E-state index contributed by atoms with van der Waals surface area (Å²) in [6.45, 7) is 5.60. The van der Waals surface area contributed by atoms with Crippen molar-refractivity contribution >= 4 is 11.8 Å². The van der Waals surface area contributed by atoms with Crippen LogP contribution in [0.1, 0.15) is 33.1 Å². The minimum Gasteiger partial charge on any atom is -0.368 e. The smallest absolute Gasteiger partial charge is 0.240 e. The molecule has 7 heteroatoms. The van der Waals surface area contributed by atoms with Crippen molar-refractivity contribution in [3.63, 3.8) is 0 Å². The highest BCUT2D eigenvalue weighted by Crippen LogP contribution is 2.01. The van der Waals surface area contributed by atoms with Crippen LogP contribution in [0, 0.1) is 5.92 Å². The summed E-state index contributed by atoms with van der Waals surface area (Å²) in [5.41, 5.74) is 16.2. The fraction of sp³-hybridized carbons (Fsp3) is 0.846. The number of primary amides is 1. The van der Waals surface area contributed by atoms with Crippen LogP contribution in [-0.2, 0) is 9.59 Å². The van der Waals surface area contributed by atoms with Crippen molar-refractivity contribution < 1.29 is 9.59 Å². The summed E-state index contributed by atoms with van der Waals surface area (Å²) in [6, 6.07) is -1.13. The van der Waals surface area contributed by atoms with Crippen LogP contribution in [0.2, 0.25) is 0 Å². The number of rotatable bonds is 11. The molecule has 0 bridgehead atoms.